The van der Waals surface area contributed by atoms with Gasteiger partial charge < -0.3 is 9.31 Å². The maximum atomic E-state index is 6.58. The molecule has 1 aliphatic heterocycles. The van der Waals surface area contributed by atoms with Crippen molar-refractivity contribution in [3.63, 3.8) is 0 Å². The molecule has 14 heteroatoms. The van der Waals surface area contributed by atoms with E-state index in [0.717, 1.165) is 139 Å². The lowest BCUT2D eigenvalue weighted by Gasteiger charge is -2.32. The molecule has 0 spiro atoms. The summed E-state index contributed by atoms with van der Waals surface area (Å²) in [5.41, 5.74) is 25.3. The number of aromatic nitrogens is 9. The monoisotopic (exact) mass is 1580 g/mol. The molecule has 0 unspecified atom stereocenters. The lowest BCUT2D eigenvalue weighted by atomic mass is 9.78. The van der Waals surface area contributed by atoms with E-state index in [1.54, 1.807) is 12.4 Å². The van der Waals surface area contributed by atoms with Crippen LogP contribution in [0.4, 0.5) is 0 Å². The summed E-state index contributed by atoms with van der Waals surface area (Å²) in [6.07, 6.45) is 10.9. The molecule has 0 radical (unpaired) electrons. The van der Waals surface area contributed by atoms with Crippen molar-refractivity contribution in [2.24, 2.45) is 0 Å². The van der Waals surface area contributed by atoms with Crippen LogP contribution in [-0.4, -0.2) is 63.2 Å². The van der Waals surface area contributed by atoms with Crippen LogP contribution in [-0.2, 0) is 9.31 Å². The van der Waals surface area contributed by atoms with Crippen molar-refractivity contribution in [3.8, 4) is 168 Å². The minimum absolute atomic E-state index is 0.304. The van der Waals surface area contributed by atoms with Gasteiger partial charge in [0.15, 0.2) is 34.9 Å². The van der Waals surface area contributed by atoms with Gasteiger partial charge in [-0.25, -0.2) is 29.9 Å². The fraction of sp³-hybridized carbons (Fsp3) is 0.0571. The largest absolute Gasteiger partial charge is 0.494 e. The molecule has 6 heterocycles. The Labute approximate surface area is 703 Å². The summed E-state index contributed by atoms with van der Waals surface area (Å²) >= 11 is 13.2. The Morgan fingerprint density at radius 2 is 0.370 bits per heavy atom. The van der Waals surface area contributed by atoms with Gasteiger partial charge in [0.2, 0.25) is 0 Å². The normalized spacial score (nSPS) is 12.5. The van der Waals surface area contributed by atoms with Gasteiger partial charge in [0.05, 0.1) is 11.2 Å². The van der Waals surface area contributed by atoms with Crippen LogP contribution in [0.15, 0.2) is 401 Å². The van der Waals surface area contributed by atoms with Crippen molar-refractivity contribution in [2.45, 2.75) is 38.9 Å². The highest BCUT2D eigenvalue weighted by Gasteiger charge is 2.51. The summed E-state index contributed by atoms with van der Waals surface area (Å²) in [6.45, 7) is 8.27. The van der Waals surface area contributed by atoms with Crippen LogP contribution < -0.4 is 5.46 Å². The molecule has 1 aliphatic rings. The molecule has 19 rings (SSSR count). The van der Waals surface area contributed by atoms with Crippen molar-refractivity contribution in [1.82, 2.24) is 44.9 Å². The Hall–Kier alpha value is -14.1. The van der Waals surface area contributed by atoms with Crippen LogP contribution in [0.5, 0.6) is 0 Å². The summed E-state index contributed by atoms with van der Waals surface area (Å²) in [5, 5.41) is 1.22. The summed E-state index contributed by atoms with van der Waals surface area (Å²) in [7, 11) is -0.304. The van der Waals surface area contributed by atoms with Crippen LogP contribution in [0.25, 0.3) is 168 Å². The van der Waals surface area contributed by atoms with Gasteiger partial charge in [-0.1, -0.05) is 278 Å². The molecule has 0 aliphatic carbocycles. The van der Waals surface area contributed by atoms with E-state index >= 15 is 0 Å². The van der Waals surface area contributed by atoms with E-state index in [9.17, 15) is 0 Å². The third-order valence-corrected chi connectivity index (χ3v) is 21.8. The van der Waals surface area contributed by atoms with Crippen LogP contribution in [0, 0.1) is 0 Å². The third-order valence-electron chi connectivity index (χ3n) is 21.4. The summed E-state index contributed by atoms with van der Waals surface area (Å²) in [6, 6.07) is 124. The minimum atomic E-state index is -0.304. The van der Waals surface area contributed by atoms with E-state index in [1.165, 1.54) is 0 Å². The molecule has 13 aromatic carbocycles. The molecule has 572 valence electrons. The molecule has 0 N–H and O–H groups in total. The first kappa shape index (κ1) is 77.5. The lowest BCUT2D eigenvalue weighted by molar-refractivity contribution is 0.00578. The molecular weight excluding hydrogens is 1500 g/mol. The van der Waals surface area contributed by atoms with Crippen LogP contribution in [0.2, 0.25) is 10.0 Å². The highest BCUT2D eigenvalue weighted by Crippen LogP contribution is 2.41. The molecule has 0 amide bonds. The van der Waals surface area contributed by atoms with Crippen LogP contribution in [0.3, 0.4) is 0 Å². The van der Waals surface area contributed by atoms with Gasteiger partial charge in [0, 0.05) is 80.6 Å². The molecule has 1 fully saturated rings. The van der Waals surface area contributed by atoms with E-state index < -0.39 is 0 Å². The van der Waals surface area contributed by atoms with Gasteiger partial charge in [0.25, 0.3) is 0 Å². The highest BCUT2D eigenvalue weighted by molar-refractivity contribution is 6.62. The van der Waals surface area contributed by atoms with E-state index in [2.05, 4.69) is 249 Å². The van der Waals surface area contributed by atoms with Gasteiger partial charge in [-0.15, -0.1) is 0 Å². The number of pyridine rings is 3. The van der Waals surface area contributed by atoms with E-state index in [4.69, 9.17) is 62.4 Å². The zero-order valence-electron chi connectivity index (χ0n) is 65.8. The number of benzene rings is 13. The maximum Gasteiger partial charge on any atom is 0.494 e. The Morgan fingerprint density at radius 3 is 0.630 bits per heavy atom. The van der Waals surface area contributed by atoms with Crippen molar-refractivity contribution in [2.75, 3.05) is 0 Å². The topological polar surface area (TPSA) is 134 Å². The number of hydrogen-bond donors (Lipinski definition) is 0. The van der Waals surface area contributed by atoms with E-state index in [1.807, 2.05) is 183 Å². The van der Waals surface area contributed by atoms with Crippen molar-refractivity contribution in [1.29, 1.82) is 0 Å². The molecule has 119 heavy (non-hydrogen) atoms. The van der Waals surface area contributed by atoms with E-state index in [0.29, 0.717) is 45.0 Å². The Balaban J connectivity index is 0.000000145. The molecule has 11 nitrogen and oxygen atoms in total. The van der Waals surface area contributed by atoms with Crippen LogP contribution >= 0.6 is 23.2 Å². The quantitative estimate of drug-likeness (QED) is 0.0856. The first-order valence-corrected chi connectivity index (χ1v) is 40.1. The number of rotatable bonds is 16. The van der Waals surface area contributed by atoms with Gasteiger partial charge in [-0.05, 0) is 242 Å². The molecule has 0 saturated carbocycles. The van der Waals surface area contributed by atoms with Crippen LogP contribution in [0.1, 0.15) is 27.7 Å². The summed E-state index contributed by atoms with van der Waals surface area (Å²) < 4.78 is 12.1. The van der Waals surface area contributed by atoms with E-state index in [-0.39, 0.29) is 18.3 Å². The fourth-order valence-electron chi connectivity index (χ4n) is 14.3. The molecule has 1 saturated heterocycles. The molecule has 0 atom stereocenters. The second-order valence-electron chi connectivity index (χ2n) is 29.9. The van der Waals surface area contributed by atoms with Gasteiger partial charge >= 0.3 is 7.12 Å². The highest BCUT2D eigenvalue weighted by atomic mass is 35.5. The number of halogens is 2. The minimum Gasteiger partial charge on any atom is -0.399 e. The smallest absolute Gasteiger partial charge is 0.399 e. The zero-order valence-corrected chi connectivity index (χ0v) is 67.3. The first-order valence-electron chi connectivity index (χ1n) is 39.4. The number of nitrogens with zero attached hydrogens (tertiary/aromatic N) is 9. The lowest BCUT2D eigenvalue weighted by Crippen LogP contribution is -2.41. The SMILES string of the molecule is CC1(C)OB(c2ccc(-c3ccncc3)cc2)OC1(C)C.Clc1cc(-c2ccccc2)cc(-c2nc(-c3ccccc3)nc(-c3cc(Cl)cc(-c4ccccc4)c3)n2)c1.c1ccc(-c2cc(-c3ccc(-c4ccncc4)cc3)cc(-c3nc(-c4ccccc4)nc(-c4cc(-c5ccccc5)cc(-c5ccc(-c6ccncc6)cc5)c4)n3)c2)cc1. The fourth-order valence-corrected chi connectivity index (χ4v) is 14.8. The first-order chi connectivity index (χ1) is 58.2. The standard InChI is InChI=1S/C55H37N5.C33H21Cl2N3.C17H20BNO2/c1-4-10-38(11-5-1)47-32-49(42-20-16-40(17-21-42)44-24-28-56-29-25-44)36-51(34-47)54-58-53(46-14-8-3-9-15-46)59-55(60-54)52-35-48(39-12-6-2-7-13-39)33-50(37-52)43-22-18-41(19-23-43)45-26-30-57-31-27-45;34-29-18-25(22-10-4-1-5-11-22)16-27(20-29)32-36-31(24-14-8-3-9-15-24)37-33(38-32)28-17-26(19-30(35)21-28)23-12-6-2-7-13-23;1-16(2)17(3,4)21-18(20-16)15-7-5-13(6-8-15)14-9-11-19-12-10-14/h1-37H;1-21H;5-12H,1-4H3. The van der Waals surface area contributed by atoms with Gasteiger partial charge in [-0.3, -0.25) is 15.0 Å². The number of hydrogen-bond acceptors (Lipinski definition) is 11. The predicted molar refractivity (Wildman–Crippen MR) is 487 cm³/mol. The average molecular weight is 1580 g/mol. The van der Waals surface area contributed by atoms with Gasteiger partial charge in [-0.2, -0.15) is 0 Å². The van der Waals surface area contributed by atoms with Crippen molar-refractivity contribution >= 4 is 35.8 Å². The zero-order chi connectivity index (χ0) is 81.1. The summed E-state index contributed by atoms with van der Waals surface area (Å²) in [5.74, 6) is 3.45. The van der Waals surface area contributed by atoms with Crippen molar-refractivity contribution < 1.29 is 9.31 Å². The second-order valence-corrected chi connectivity index (χ2v) is 30.8. The maximum absolute atomic E-state index is 6.58. The van der Waals surface area contributed by atoms with Crippen molar-refractivity contribution in [3.05, 3.63) is 411 Å². The molecule has 0 bridgehead atoms. The van der Waals surface area contributed by atoms with Gasteiger partial charge in [0.1, 0.15) is 0 Å². The summed E-state index contributed by atoms with van der Waals surface area (Å²) in [4.78, 5) is 42.8. The predicted octanol–water partition coefficient (Wildman–Crippen LogP) is 26.2. The second kappa shape index (κ2) is 35.2. The third kappa shape index (κ3) is 18.3. The average Bonchev–Trinajstić information content (AvgIpc) is 1.51. The Morgan fingerprint density at radius 1 is 0.193 bits per heavy atom. The Kier molecular flexibility index (Phi) is 22.9. The molecular formula is C105H78BCl2N9O2. The molecule has 5 aromatic heterocycles. The Bertz CT molecular complexity index is 6200. The molecule has 18 aromatic rings.